The van der Waals surface area contributed by atoms with Gasteiger partial charge in [-0.2, -0.15) is 5.26 Å². The van der Waals surface area contributed by atoms with Crippen LogP contribution in [0.5, 0.6) is 0 Å². The lowest BCUT2D eigenvalue weighted by Crippen LogP contribution is -2.23. The highest BCUT2D eigenvalue weighted by atomic mass is 16.5. The second-order valence-electron chi connectivity index (χ2n) is 2.78. The predicted octanol–water partition coefficient (Wildman–Crippen LogP) is 0.649. The third-order valence-electron chi connectivity index (χ3n) is 1.47. The molecule has 0 spiro atoms. The van der Waals surface area contributed by atoms with E-state index >= 15 is 0 Å². The molecule has 80 valence electrons. The number of carbonyl (C=O) groups is 2. The molecule has 0 saturated carbocycles. The smallest absolute Gasteiger partial charge is 0.333 e. The van der Waals surface area contributed by atoms with Gasteiger partial charge in [-0.05, 0) is 6.92 Å². The van der Waals surface area contributed by atoms with E-state index in [9.17, 15) is 9.59 Å². The summed E-state index contributed by atoms with van der Waals surface area (Å²) in [6.45, 7) is 4.97. The fraction of sp³-hybridized carbons (Fsp3) is 0.300. The van der Waals surface area contributed by atoms with Crippen LogP contribution in [0.25, 0.3) is 0 Å². The molecule has 5 nitrogen and oxygen atoms in total. The van der Waals surface area contributed by atoms with Crippen molar-refractivity contribution in [2.24, 2.45) is 0 Å². The van der Waals surface area contributed by atoms with Crippen molar-refractivity contribution < 1.29 is 14.3 Å². The van der Waals surface area contributed by atoms with Gasteiger partial charge in [0.1, 0.15) is 0 Å². The van der Waals surface area contributed by atoms with E-state index in [1.165, 1.54) is 13.2 Å². The van der Waals surface area contributed by atoms with Crippen molar-refractivity contribution in [3.63, 3.8) is 0 Å². The maximum absolute atomic E-state index is 11.2. The van der Waals surface area contributed by atoms with Crippen LogP contribution < -0.4 is 5.32 Å². The molecular weight excluding hydrogens is 196 g/mol. The predicted molar refractivity (Wildman–Crippen MR) is 53.3 cm³/mol. The summed E-state index contributed by atoms with van der Waals surface area (Å²) in [6.07, 6.45) is 1.04. The molecule has 1 amide bonds. The Balaban J connectivity index is 4.17. The number of rotatable bonds is 4. The van der Waals surface area contributed by atoms with Crippen molar-refractivity contribution >= 4 is 11.9 Å². The SMILES string of the molecule is C=C(CC(=O)NC(C)=CC#N)C(=O)OC. The molecule has 15 heavy (non-hydrogen) atoms. The highest BCUT2D eigenvalue weighted by Crippen LogP contribution is 2.00. The van der Waals surface area contributed by atoms with Crippen LogP contribution in [0.3, 0.4) is 0 Å². The number of nitrogens with zero attached hydrogens (tertiary/aromatic N) is 1. The molecule has 0 atom stereocenters. The zero-order valence-corrected chi connectivity index (χ0v) is 8.66. The van der Waals surface area contributed by atoms with Crippen molar-refractivity contribution in [1.82, 2.24) is 5.32 Å². The summed E-state index contributed by atoms with van der Waals surface area (Å²) in [5, 5.41) is 10.7. The van der Waals surface area contributed by atoms with Crippen molar-refractivity contribution in [3.8, 4) is 6.07 Å². The van der Waals surface area contributed by atoms with Crippen LogP contribution in [-0.2, 0) is 14.3 Å². The first kappa shape index (κ1) is 12.9. The minimum absolute atomic E-state index is 0.0692. The molecule has 5 heteroatoms. The lowest BCUT2D eigenvalue weighted by Gasteiger charge is -2.04. The number of nitrogens with one attached hydrogen (secondary N) is 1. The van der Waals surface area contributed by atoms with Gasteiger partial charge in [0.2, 0.25) is 5.91 Å². The molecule has 0 rings (SSSR count). The molecule has 0 aliphatic heterocycles. The summed E-state index contributed by atoms with van der Waals surface area (Å²) in [4.78, 5) is 22.1. The lowest BCUT2D eigenvalue weighted by molar-refractivity contribution is -0.137. The Morgan fingerprint density at radius 3 is 2.67 bits per heavy atom. The van der Waals surface area contributed by atoms with E-state index in [-0.39, 0.29) is 12.0 Å². The second-order valence-corrected chi connectivity index (χ2v) is 2.78. The van der Waals surface area contributed by atoms with E-state index in [1.54, 1.807) is 13.0 Å². The molecule has 0 saturated heterocycles. The summed E-state index contributed by atoms with van der Waals surface area (Å²) in [7, 11) is 1.21. The third-order valence-corrected chi connectivity index (χ3v) is 1.47. The maximum Gasteiger partial charge on any atom is 0.333 e. The molecule has 0 aromatic rings. The summed E-state index contributed by atoms with van der Waals surface area (Å²) in [5.74, 6) is -1.03. The summed E-state index contributed by atoms with van der Waals surface area (Å²) < 4.78 is 4.38. The number of allylic oxidation sites excluding steroid dienone is 2. The van der Waals surface area contributed by atoms with Gasteiger partial charge in [-0.3, -0.25) is 4.79 Å². The average Bonchev–Trinajstić information content (AvgIpc) is 2.16. The Labute approximate surface area is 88.0 Å². The molecule has 0 fully saturated rings. The topological polar surface area (TPSA) is 79.2 Å². The number of esters is 1. The first-order chi connectivity index (χ1) is 7.01. The molecule has 0 bridgehead atoms. The third kappa shape index (κ3) is 5.26. The van der Waals surface area contributed by atoms with E-state index in [1.807, 2.05) is 0 Å². The molecule has 0 unspecified atom stereocenters. The van der Waals surface area contributed by atoms with E-state index in [2.05, 4.69) is 16.6 Å². The molecule has 0 heterocycles. The van der Waals surface area contributed by atoms with Gasteiger partial charge >= 0.3 is 5.97 Å². The zero-order chi connectivity index (χ0) is 11.8. The molecule has 0 aromatic heterocycles. The van der Waals surface area contributed by atoms with Crippen molar-refractivity contribution in [1.29, 1.82) is 5.26 Å². The number of methoxy groups -OCH3 is 1. The van der Waals surface area contributed by atoms with Crippen LogP contribution in [0.1, 0.15) is 13.3 Å². The Morgan fingerprint density at radius 1 is 1.60 bits per heavy atom. The molecule has 0 radical (unpaired) electrons. The normalized spacial score (nSPS) is 10.1. The second kappa shape index (κ2) is 6.38. The van der Waals surface area contributed by atoms with Gasteiger partial charge in [-0.1, -0.05) is 6.58 Å². The van der Waals surface area contributed by atoms with Gasteiger partial charge in [0.25, 0.3) is 0 Å². The number of nitriles is 1. The molecule has 0 aromatic carbocycles. The zero-order valence-electron chi connectivity index (χ0n) is 8.66. The highest BCUT2D eigenvalue weighted by Gasteiger charge is 2.11. The Hall–Kier alpha value is -2.09. The lowest BCUT2D eigenvalue weighted by atomic mass is 10.2. The first-order valence-corrected chi connectivity index (χ1v) is 4.13. The van der Waals surface area contributed by atoms with Gasteiger partial charge < -0.3 is 10.1 Å². The van der Waals surface area contributed by atoms with Crippen LogP contribution in [0.15, 0.2) is 23.9 Å². The van der Waals surface area contributed by atoms with Crippen LogP contribution in [0.2, 0.25) is 0 Å². The van der Waals surface area contributed by atoms with E-state index in [0.29, 0.717) is 5.70 Å². The number of amides is 1. The van der Waals surface area contributed by atoms with Gasteiger partial charge in [-0.25, -0.2) is 4.79 Å². The molecular formula is C10H12N2O3. The molecule has 0 aliphatic carbocycles. The minimum atomic E-state index is -0.618. The van der Waals surface area contributed by atoms with Gasteiger partial charge in [0.05, 0.1) is 19.6 Å². The van der Waals surface area contributed by atoms with Gasteiger partial charge in [0, 0.05) is 17.3 Å². The fourth-order valence-corrected chi connectivity index (χ4v) is 0.807. The largest absolute Gasteiger partial charge is 0.466 e. The van der Waals surface area contributed by atoms with Crippen molar-refractivity contribution in [2.45, 2.75) is 13.3 Å². The molecule has 1 N–H and O–H groups in total. The van der Waals surface area contributed by atoms with Gasteiger partial charge in [0.15, 0.2) is 0 Å². The Bertz CT molecular complexity index is 350. The van der Waals surface area contributed by atoms with Gasteiger partial charge in [-0.15, -0.1) is 0 Å². The fourth-order valence-electron chi connectivity index (χ4n) is 0.807. The Kier molecular flexibility index (Phi) is 5.49. The number of hydrogen-bond donors (Lipinski definition) is 1. The van der Waals surface area contributed by atoms with Crippen LogP contribution in [0.4, 0.5) is 0 Å². The quantitative estimate of drug-likeness (QED) is 0.418. The van der Waals surface area contributed by atoms with Crippen molar-refractivity contribution in [2.75, 3.05) is 7.11 Å². The summed E-state index contributed by atoms with van der Waals surface area (Å²) in [5.41, 5.74) is 0.486. The van der Waals surface area contributed by atoms with Crippen LogP contribution in [-0.4, -0.2) is 19.0 Å². The Morgan fingerprint density at radius 2 is 2.20 bits per heavy atom. The number of ether oxygens (including phenoxy) is 1. The van der Waals surface area contributed by atoms with E-state index in [0.717, 1.165) is 0 Å². The molecule has 0 aliphatic rings. The maximum atomic E-state index is 11.2. The van der Waals surface area contributed by atoms with Crippen molar-refractivity contribution in [3.05, 3.63) is 23.9 Å². The summed E-state index contributed by atoms with van der Waals surface area (Å²) in [6, 6.07) is 1.77. The van der Waals surface area contributed by atoms with Crippen LogP contribution >= 0.6 is 0 Å². The standard InChI is InChI=1S/C10H12N2O3/c1-7(10(14)15-3)6-9(13)12-8(2)4-5-11/h4H,1,6H2,2-3H3,(H,12,13). The number of carbonyl (C=O) groups excluding carboxylic acids is 2. The van der Waals surface area contributed by atoms with E-state index < -0.39 is 11.9 Å². The first-order valence-electron chi connectivity index (χ1n) is 4.13. The number of hydrogen-bond acceptors (Lipinski definition) is 4. The summed E-state index contributed by atoms with van der Waals surface area (Å²) >= 11 is 0. The van der Waals surface area contributed by atoms with E-state index in [4.69, 9.17) is 5.26 Å². The average molecular weight is 208 g/mol. The highest BCUT2D eigenvalue weighted by molar-refractivity contribution is 5.94. The monoisotopic (exact) mass is 208 g/mol. The minimum Gasteiger partial charge on any atom is -0.466 e. The van der Waals surface area contributed by atoms with Crippen LogP contribution in [0, 0.1) is 11.3 Å².